The summed E-state index contributed by atoms with van der Waals surface area (Å²) in [5.41, 5.74) is 3.06. The molecule has 0 aromatic heterocycles. The molecule has 5 atom stereocenters. The van der Waals surface area contributed by atoms with E-state index >= 15 is 0 Å². The lowest BCUT2D eigenvalue weighted by Gasteiger charge is -2.48. The first-order valence-electron chi connectivity index (χ1n) is 14.2. The van der Waals surface area contributed by atoms with Gasteiger partial charge in [0.25, 0.3) is 0 Å². The van der Waals surface area contributed by atoms with E-state index in [1.807, 2.05) is 18.2 Å². The fraction of sp³-hybridized carbons (Fsp3) is 0.531. The van der Waals surface area contributed by atoms with E-state index in [0.29, 0.717) is 43.5 Å². The molecule has 2 aromatic rings. The Balaban J connectivity index is 1.34. The van der Waals surface area contributed by atoms with E-state index in [0.717, 1.165) is 61.7 Å². The van der Waals surface area contributed by atoms with Crippen LogP contribution in [-0.4, -0.2) is 56.2 Å². The lowest BCUT2D eigenvalue weighted by molar-refractivity contribution is -0.125. The summed E-state index contributed by atoms with van der Waals surface area (Å²) in [4.78, 5) is 14.9. The first-order chi connectivity index (χ1) is 18.8. The van der Waals surface area contributed by atoms with Crippen LogP contribution in [0.2, 0.25) is 5.02 Å². The molecule has 2 aromatic carbocycles. The quantitative estimate of drug-likeness (QED) is 0.378. The summed E-state index contributed by atoms with van der Waals surface area (Å²) in [6, 6.07) is 11.9. The van der Waals surface area contributed by atoms with Crippen molar-refractivity contribution in [1.29, 1.82) is 0 Å². The van der Waals surface area contributed by atoms with Gasteiger partial charge in [0.15, 0.2) is 0 Å². The number of carbonyl (C=O) groups is 1. The molecular weight excluding hydrogens is 514 g/mol. The third kappa shape index (κ3) is 4.96. The molecular formula is C32H38ClNO5. The molecule has 1 N–H and O–H groups in total. The van der Waals surface area contributed by atoms with Crippen molar-refractivity contribution in [3.63, 3.8) is 0 Å². The first kappa shape index (κ1) is 26.7. The Labute approximate surface area is 235 Å². The maximum atomic E-state index is 12.5. The zero-order chi connectivity index (χ0) is 27.2. The molecule has 1 saturated heterocycles. The summed E-state index contributed by atoms with van der Waals surface area (Å²) in [5, 5.41) is 11.7. The summed E-state index contributed by atoms with van der Waals surface area (Å²) in [7, 11) is 1.41. The number of ether oxygens (including phenoxy) is 3. The van der Waals surface area contributed by atoms with Gasteiger partial charge in [0, 0.05) is 36.4 Å². The van der Waals surface area contributed by atoms with Crippen molar-refractivity contribution in [3.05, 3.63) is 70.8 Å². The predicted octanol–water partition coefficient (Wildman–Crippen LogP) is 5.72. The van der Waals surface area contributed by atoms with Gasteiger partial charge in [0.2, 0.25) is 0 Å². The number of nitrogens with zero attached hydrogens (tertiary/aromatic N) is 1. The highest BCUT2D eigenvalue weighted by atomic mass is 35.5. The number of rotatable bonds is 5. The van der Waals surface area contributed by atoms with Gasteiger partial charge in [-0.2, -0.15) is 0 Å². The summed E-state index contributed by atoms with van der Waals surface area (Å²) in [6.45, 7) is 6.64. The molecule has 6 nitrogen and oxygen atoms in total. The van der Waals surface area contributed by atoms with Gasteiger partial charge < -0.3 is 24.2 Å². The average molecular weight is 552 g/mol. The van der Waals surface area contributed by atoms with Crippen LogP contribution < -0.4 is 9.64 Å². The van der Waals surface area contributed by atoms with Gasteiger partial charge in [-0.3, -0.25) is 0 Å². The summed E-state index contributed by atoms with van der Waals surface area (Å²) < 4.78 is 17.8. The molecule has 7 heteroatoms. The highest BCUT2D eigenvalue weighted by Crippen LogP contribution is 2.48. The van der Waals surface area contributed by atoms with E-state index in [9.17, 15) is 9.90 Å². The van der Waals surface area contributed by atoms with Crippen molar-refractivity contribution in [2.45, 2.75) is 62.1 Å². The van der Waals surface area contributed by atoms with Crippen LogP contribution in [0.5, 0.6) is 5.75 Å². The minimum absolute atomic E-state index is 0.0242. The number of anilines is 1. The lowest BCUT2D eigenvalue weighted by Crippen LogP contribution is -2.52. The molecule has 208 valence electrons. The van der Waals surface area contributed by atoms with Crippen molar-refractivity contribution in [2.75, 3.05) is 38.3 Å². The third-order valence-corrected chi connectivity index (χ3v) is 9.90. The smallest absolute Gasteiger partial charge is 0.337 e. The highest BCUT2D eigenvalue weighted by molar-refractivity contribution is 6.30. The second kappa shape index (κ2) is 10.5. The number of hydrogen-bond acceptors (Lipinski definition) is 6. The minimum Gasteiger partial charge on any atom is -0.490 e. The van der Waals surface area contributed by atoms with Gasteiger partial charge in [-0.1, -0.05) is 23.7 Å². The Hall–Kier alpha value is -2.54. The number of benzene rings is 2. The molecule has 4 aliphatic rings. The molecule has 0 unspecified atom stereocenters. The fourth-order valence-corrected chi connectivity index (χ4v) is 7.50. The second-order valence-corrected chi connectivity index (χ2v) is 12.4. The highest BCUT2D eigenvalue weighted by Gasteiger charge is 2.46. The Morgan fingerprint density at radius 2 is 2.13 bits per heavy atom. The monoisotopic (exact) mass is 551 g/mol. The zero-order valence-electron chi connectivity index (χ0n) is 22.7. The maximum Gasteiger partial charge on any atom is 0.337 e. The Morgan fingerprint density at radius 3 is 2.90 bits per heavy atom. The van der Waals surface area contributed by atoms with Gasteiger partial charge in [0.05, 0.1) is 43.3 Å². The maximum absolute atomic E-state index is 12.5. The summed E-state index contributed by atoms with van der Waals surface area (Å²) in [5.74, 6) is 1.24. The predicted molar refractivity (Wildman–Crippen MR) is 152 cm³/mol. The van der Waals surface area contributed by atoms with Crippen LogP contribution >= 0.6 is 11.6 Å². The van der Waals surface area contributed by atoms with E-state index in [2.05, 4.69) is 23.6 Å². The van der Waals surface area contributed by atoms with Crippen molar-refractivity contribution >= 4 is 23.3 Å². The standard InChI is InChI=1S/C32H38ClNO5/c1-3-32(36)13-14-38-29(17-32)25-9-6-23(25)18-34-19-31(12-4-5-21-15-24(33)8-10-26(21)31)20-39-28-11-7-22(16-27(28)34)30(35)37-2/h3,7-8,10-11,15-16,23,25,29,36H,1,4-6,9,12-14,17-20H2,2H3/t23-,25+,29-,31-,32-/m0/s1. The van der Waals surface area contributed by atoms with Crippen molar-refractivity contribution < 1.29 is 24.1 Å². The number of fused-ring (bicyclic) bond motifs is 3. The molecule has 39 heavy (non-hydrogen) atoms. The Kier molecular flexibility index (Phi) is 7.15. The van der Waals surface area contributed by atoms with Crippen molar-refractivity contribution in [1.82, 2.24) is 0 Å². The van der Waals surface area contributed by atoms with E-state index in [4.69, 9.17) is 25.8 Å². The number of hydrogen-bond donors (Lipinski definition) is 1. The number of carbonyl (C=O) groups excluding carboxylic acids is 1. The summed E-state index contributed by atoms with van der Waals surface area (Å²) in [6.07, 6.45) is 8.24. The molecule has 0 amide bonds. The van der Waals surface area contributed by atoms with Crippen LogP contribution in [0, 0.1) is 11.8 Å². The fourth-order valence-electron chi connectivity index (χ4n) is 7.31. The molecule has 1 saturated carbocycles. The van der Waals surface area contributed by atoms with Gasteiger partial charge in [-0.15, -0.1) is 6.58 Å². The normalized spacial score (nSPS) is 31.8. The van der Waals surface area contributed by atoms with E-state index < -0.39 is 5.60 Å². The SMILES string of the molecule is C=C[C@]1(O)CCO[C@H]([C@@H]2CC[C@H]2CN2C[C@@]3(CCCc4cc(Cl)ccc43)COc3ccc(C(=O)OC)cc32)C1. The topological polar surface area (TPSA) is 68.2 Å². The zero-order valence-corrected chi connectivity index (χ0v) is 23.4. The molecule has 2 aliphatic heterocycles. The number of esters is 1. The van der Waals surface area contributed by atoms with Crippen molar-refractivity contribution in [3.8, 4) is 5.75 Å². The molecule has 2 heterocycles. The van der Waals surface area contributed by atoms with Gasteiger partial charge in [-0.05, 0) is 85.4 Å². The van der Waals surface area contributed by atoms with Crippen LogP contribution in [0.1, 0.15) is 60.0 Å². The van der Waals surface area contributed by atoms with Crippen LogP contribution in [-0.2, 0) is 21.3 Å². The van der Waals surface area contributed by atoms with Gasteiger partial charge in [0.1, 0.15) is 5.75 Å². The molecule has 0 radical (unpaired) electrons. The number of halogens is 1. The van der Waals surface area contributed by atoms with Gasteiger partial charge in [-0.25, -0.2) is 4.79 Å². The Bertz CT molecular complexity index is 1270. The number of methoxy groups -OCH3 is 1. The van der Waals surface area contributed by atoms with Crippen LogP contribution in [0.4, 0.5) is 5.69 Å². The number of aliphatic hydroxyl groups is 1. The number of aryl methyl sites for hydroxylation is 1. The molecule has 1 spiro atoms. The third-order valence-electron chi connectivity index (χ3n) is 9.67. The molecule has 6 rings (SSSR count). The minimum atomic E-state index is -0.849. The first-order valence-corrected chi connectivity index (χ1v) is 14.6. The van der Waals surface area contributed by atoms with Crippen LogP contribution in [0.25, 0.3) is 0 Å². The molecule has 2 fully saturated rings. The van der Waals surface area contributed by atoms with Crippen LogP contribution in [0.15, 0.2) is 49.1 Å². The van der Waals surface area contributed by atoms with E-state index in [1.54, 1.807) is 12.1 Å². The average Bonchev–Trinajstić information content (AvgIpc) is 3.07. The van der Waals surface area contributed by atoms with Crippen molar-refractivity contribution in [2.24, 2.45) is 11.8 Å². The molecule has 2 aliphatic carbocycles. The van der Waals surface area contributed by atoms with E-state index in [1.165, 1.54) is 18.2 Å². The second-order valence-electron chi connectivity index (χ2n) is 12.0. The summed E-state index contributed by atoms with van der Waals surface area (Å²) >= 11 is 6.39. The Morgan fingerprint density at radius 1 is 1.26 bits per heavy atom. The molecule has 0 bridgehead atoms. The lowest BCUT2D eigenvalue weighted by atomic mass is 9.67. The van der Waals surface area contributed by atoms with Crippen LogP contribution in [0.3, 0.4) is 0 Å². The van der Waals surface area contributed by atoms with Gasteiger partial charge >= 0.3 is 5.97 Å². The largest absolute Gasteiger partial charge is 0.490 e. The van der Waals surface area contributed by atoms with E-state index in [-0.39, 0.29) is 17.5 Å².